The van der Waals surface area contributed by atoms with Gasteiger partial charge in [-0.2, -0.15) is 5.10 Å². The molecule has 0 spiro atoms. The van der Waals surface area contributed by atoms with E-state index in [2.05, 4.69) is 15.2 Å². The molecule has 1 aliphatic carbocycles. The van der Waals surface area contributed by atoms with Crippen molar-refractivity contribution in [2.75, 3.05) is 0 Å². The van der Waals surface area contributed by atoms with Gasteiger partial charge in [-0.3, -0.25) is 5.10 Å². The lowest BCUT2D eigenvalue weighted by Gasteiger charge is -2.22. The smallest absolute Gasteiger partial charge is 0.328 e. The molecule has 110 valence electrons. The van der Waals surface area contributed by atoms with Gasteiger partial charge in [0.2, 0.25) is 5.88 Å². The minimum absolute atomic E-state index is 0.183. The fourth-order valence-electron chi connectivity index (χ4n) is 2.66. The zero-order valence-corrected chi connectivity index (χ0v) is 11.6. The molecule has 2 aromatic rings. The van der Waals surface area contributed by atoms with Crippen molar-refractivity contribution in [1.29, 1.82) is 0 Å². The van der Waals surface area contributed by atoms with Gasteiger partial charge in [-0.25, -0.2) is 9.78 Å². The number of fused-ring (bicyclic) bond motifs is 1. The third-order valence-corrected chi connectivity index (χ3v) is 3.68. The van der Waals surface area contributed by atoms with E-state index in [1.54, 1.807) is 12.3 Å². The molecular formula is C15H17N3O3. The summed E-state index contributed by atoms with van der Waals surface area (Å²) in [6.45, 7) is 0. The van der Waals surface area contributed by atoms with Crippen molar-refractivity contribution in [1.82, 2.24) is 15.2 Å². The zero-order chi connectivity index (χ0) is 14.7. The Labute approximate surface area is 121 Å². The number of aromatic amines is 1. The molecule has 0 unspecified atom stereocenters. The maximum absolute atomic E-state index is 10.7. The van der Waals surface area contributed by atoms with Crippen LogP contribution in [0.4, 0.5) is 0 Å². The van der Waals surface area contributed by atoms with E-state index in [-0.39, 0.29) is 6.10 Å². The second-order valence-corrected chi connectivity index (χ2v) is 5.20. The van der Waals surface area contributed by atoms with Crippen LogP contribution in [0.25, 0.3) is 17.0 Å². The molecule has 1 saturated carbocycles. The topological polar surface area (TPSA) is 88.1 Å². The van der Waals surface area contributed by atoms with Crippen molar-refractivity contribution in [2.24, 2.45) is 0 Å². The molecule has 3 rings (SSSR count). The van der Waals surface area contributed by atoms with Crippen LogP contribution in [0.15, 0.2) is 18.3 Å². The van der Waals surface area contributed by atoms with Crippen LogP contribution in [-0.4, -0.2) is 32.4 Å². The number of carbonyl (C=O) groups is 1. The number of hydrogen-bond donors (Lipinski definition) is 2. The number of pyridine rings is 1. The van der Waals surface area contributed by atoms with Crippen molar-refractivity contribution in [3.63, 3.8) is 0 Å². The highest BCUT2D eigenvalue weighted by Crippen LogP contribution is 2.29. The number of aromatic nitrogens is 3. The van der Waals surface area contributed by atoms with Gasteiger partial charge in [0, 0.05) is 12.3 Å². The SMILES string of the molecule is O=C(O)C=Cc1[nH]nc2ccnc(OC3CCCCC3)c12. The number of nitrogens with zero attached hydrogens (tertiary/aromatic N) is 2. The van der Waals surface area contributed by atoms with Crippen LogP contribution in [0.1, 0.15) is 37.8 Å². The number of aliphatic carboxylic acids is 1. The maximum Gasteiger partial charge on any atom is 0.328 e. The Hall–Kier alpha value is -2.37. The Bertz CT molecular complexity index is 672. The Morgan fingerprint density at radius 2 is 2.19 bits per heavy atom. The van der Waals surface area contributed by atoms with Gasteiger partial charge >= 0.3 is 5.97 Å². The Kier molecular flexibility index (Phi) is 3.85. The maximum atomic E-state index is 10.7. The second kappa shape index (κ2) is 5.95. The fraction of sp³-hybridized carbons (Fsp3) is 0.400. The molecule has 6 nitrogen and oxygen atoms in total. The molecule has 2 N–H and O–H groups in total. The predicted molar refractivity (Wildman–Crippen MR) is 78.1 cm³/mol. The monoisotopic (exact) mass is 287 g/mol. The van der Waals surface area contributed by atoms with Gasteiger partial charge in [0.05, 0.1) is 16.6 Å². The minimum Gasteiger partial charge on any atom is -0.478 e. The average Bonchev–Trinajstić information content (AvgIpc) is 2.90. The highest BCUT2D eigenvalue weighted by molar-refractivity contribution is 5.94. The Morgan fingerprint density at radius 1 is 1.38 bits per heavy atom. The molecule has 1 aliphatic rings. The van der Waals surface area contributed by atoms with E-state index in [1.807, 2.05) is 0 Å². The summed E-state index contributed by atoms with van der Waals surface area (Å²) in [4.78, 5) is 15.0. The second-order valence-electron chi connectivity index (χ2n) is 5.20. The van der Waals surface area contributed by atoms with Gasteiger partial charge in [-0.1, -0.05) is 6.42 Å². The molecule has 0 atom stereocenters. The lowest BCUT2D eigenvalue weighted by Crippen LogP contribution is -2.20. The fourth-order valence-corrected chi connectivity index (χ4v) is 2.66. The van der Waals surface area contributed by atoms with Crippen molar-refractivity contribution in [2.45, 2.75) is 38.2 Å². The van der Waals surface area contributed by atoms with Crippen molar-refractivity contribution in [3.05, 3.63) is 24.0 Å². The average molecular weight is 287 g/mol. The highest BCUT2D eigenvalue weighted by atomic mass is 16.5. The summed E-state index contributed by atoms with van der Waals surface area (Å²) in [7, 11) is 0. The van der Waals surface area contributed by atoms with Crippen molar-refractivity contribution in [3.8, 4) is 5.88 Å². The van der Waals surface area contributed by atoms with E-state index < -0.39 is 5.97 Å². The van der Waals surface area contributed by atoms with Crippen LogP contribution in [0, 0.1) is 0 Å². The van der Waals surface area contributed by atoms with Gasteiger partial charge < -0.3 is 9.84 Å². The number of carboxylic acid groups (broad SMARTS) is 1. The molecule has 1 fully saturated rings. The van der Waals surface area contributed by atoms with Crippen LogP contribution >= 0.6 is 0 Å². The molecule has 2 heterocycles. The summed E-state index contributed by atoms with van der Waals surface area (Å²) in [5.41, 5.74) is 1.33. The molecule has 0 bridgehead atoms. The van der Waals surface area contributed by atoms with Crippen LogP contribution in [0.5, 0.6) is 5.88 Å². The van der Waals surface area contributed by atoms with Gasteiger partial charge in [0.25, 0.3) is 0 Å². The van der Waals surface area contributed by atoms with E-state index >= 15 is 0 Å². The molecule has 0 aliphatic heterocycles. The van der Waals surface area contributed by atoms with Crippen LogP contribution in [0.2, 0.25) is 0 Å². The Morgan fingerprint density at radius 3 is 2.95 bits per heavy atom. The number of ether oxygens (including phenoxy) is 1. The van der Waals surface area contributed by atoms with E-state index in [1.165, 1.54) is 25.3 Å². The van der Waals surface area contributed by atoms with Crippen LogP contribution < -0.4 is 4.74 Å². The molecule has 6 heteroatoms. The summed E-state index contributed by atoms with van der Waals surface area (Å²) >= 11 is 0. The molecular weight excluding hydrogens is 270 g/mol. The van der Waals surface area contributed by atoms with E-state index in [9.17, 15) is 4.79 Å². The normalized spacial score (nSPS) is 16.6. The van der Waals surface area contributed by atoms with Crippen molar-refractivity contribution >= 4 is 22.9 Å². The highest BCUT2D eigenvalue weighted by Gasteiger charge is 2.18. The third kappa shape index (κ3) is 3.04. The summed E-state index contributed by atoms with van der Waals surface area (Å²) in [6, 6.07) is 1.78. The quantitative estimate of drug-likeness (QED) is 0.844. The lowest BCUT2D eigenvalue weighted by atomic mass is 9.98. The number of carboxylic acids is 1. The largest absolute Gasteiger partial charge is 0.478 e. The first kappa shape index (κ1) is 13.6. The minimum atomic E-state index is -1.00. The summed E-state index contributed by atoms with van der Waals surface area (Å²) in [5.74, 6) is -0.477. The van der Waals surface area contributed by atoms with Crippen LogP contribution in [0.3, 0.4) is 0 Å². The van der Waals surface area contributed by atoms with E-state index in [4.69, 9.17) is 9.84 Å². The molecule has 0 amide bonds. The number of H-pyrrole nitrogens is 1. The van der Waals surface area contributed by atoms with Gasteiger partial charge in [0.1, 0.15) is 6.10 Å². The standard InChI is InChI=1S/C15H17N3O3/c19-13(20)7-6-11-14-12(18-17-11)8-9-16-15(14)21-10-4-2-1-3-5-10/h6-10H,1-5H2,(H,17,18)(H,19,20). The van der Waals surface area contributed by atoms with E-state index in [0.717, 1.165) is 29.8 Å². The number of hydrogen-bond acceptors (Lipinski definition) is 4. The summed E-state index contributed by atoms with van der Waals surface area (Å²) in [6.07, 6.45) is 10.1. The third-order valence-electron chi connectivity index (χ3n) is 3.68. The van der Waals surface area contributed by atoms with Gasteiger partial charge in [0.15, 0.2) is 0 Å². The Balaban J connectivity index is 1.93. The molecule has 0 aromatic carbocycles. The summed E-state index contributed by atoms with van der Waals surface area (Å²) in [5, 5.41) is 16.5. The molecule has 21 heavy (non-hydrogen) atoms. The number of rotatable bonds is 4. The zero-order valence-electron chi connectivity index (χ0n) is 11.6. The molecule has 0 saturated heterocycles. The van der Waals surface area contributed by atoms with Crippen LogP contribution in [-0.2, 0) is 4.79 Å². The first-order valence-electron chi connectivity index (χ1n) is 7.15. The first-order valence-corrected chi connectivity index (χ1v) is 7.15. The lowest BCUT2D eigenvalue weighted by molar-refractivity contribution is -0.131. The van der Waals surface area contributed by atoms with Crippen molar-refractivity contribution < 1.29 is 14.6 Å². The van der Waals surface area contributed by atoms with Gasteiger partial charge in [-0.05, 0) is 37.8 Å². The predicted octanol–water partition coefficient (Wildman–Crippen LogP) is 2.77. The summed E-state index contributed by atoms with van der Waals surface area (Å²) < 4.78 is 6.02. The first-order chi connectivity index (χ1) is 10.2. The van der Waals surface area contributed by atoms with E-state index in [0.29, 0.717) is 11.6 Å². The van der Waals surface area contributed by atoms with Gasteiger partial charge in [-0.15, -0.1) is 0 Å². The number of nitrogens with one attached hydrogen (secondary N) is 1. The molecule has 2 aromatic heterocycles. The molecule has 0 radical (unpaired) electrons.